The van der Waals surface area contributed by atoms with Crippen LogP contribution in [0.1, 0.15) is 0 Å². The molecule has 0 aliphatic rings. The molecule has 0 radical (unpaired) electrons. The Morgan fingerprint density at radius 3 is 2.94 bits per heavy atom. The molecule has 1 aromatic carbocycles. The number of fused-ring (bicyclic) bond motifs is 1. The lowest BCUT2D eigenvalue weighted by molar-refractivity contribution is 0.476. The monoisotopic (exact) mass is 231 g/mol. The molecular weight excluding hydrogens is 222 g/mol. The van der Waals surface area contributed by atoms with Crippen molar-refractivity contribution >= 4 is 28.1 Å². The highest BCUT2D eigenvalue weighted by molar-refractivity contribution is 7.14. The smallest absolute Gasteiger partial charge is 0.150 e. The largest absolute Gasteiger partial charge is 0.508 e. The van der Waals surface area contributed by atoms with Crippen LogP contribution < -0.4 is 5.73 Å². The molecule has 4 nitrogen and oxygen atoms in total. The van der Waals surface area contributed by atoms with E-state index in [1.165, 1.54) is 0 Å². The van der Waals surface area contributed by atoms with E-state index < -0.39 is 0 Å². The fourth-order valence-corrected chi connectivity index (χ4v) is 2.38. The maximum atomic E-state index is 9.35. The van der Waals surface area contributed by atoms with Gasteiger partial charge in [-0.05, 0) is 23.6 Å². The maximum absolute atomic E-state index is 9.35. The number of aromatic nitrogens is 2. The van der Waals surface area contributed by atoms with Crippen LogP contribution in [0.15, 0.2) is 29.6 Å². The van der Waals surface area contributed by atoms with Crippen LogP contribution in [-0.2, 0) is 0 Å². The van der Waals surface area contributed by atoms with E-state index in [2.05, 4.69) is 9.97 Å². The quantitative estimate of drug-likeness (QED) is 0.602. The highest BCUT2D eigenvalue weighted by atomic mass is 32.1. The number of phenols is 1. The molecule has 5 heteroatoms. The number of anilines is 1. The second kappa shape index (κ2) is 3.24. The van der Waals surface area contributed by atoms with Crippen molar-refractivity contribution in [3.8, 4) is 16.5 Å². The minimum absolute atomic E-state index is 0.224. The van der Waals surface area contributed by atoms with Crippen molar-refractivity contribution in [1.82, 2.24) is 9.97 Å². The lowest BCUT2D eigenvalue weighted by Crippen LogP contribution is -1.84. The van der Waals surface area contributed by atoms with Gasteiger partial charge in [-0.3, -0.25) is 0 Å². The zero-order valence-electron chi connectivity index (χ0n) is 8.27. The zero-order valence-corrected chi connectivity index (χ0v) is 9.08. The minimum Gasteiger partial charge on any atom is -0.508 e. The molecule has 0 aliphatic heterocycles. The first kappa shape index (κ1) is 9.23. The van der Waals surface area contributed by atoms with Crippen LogP contribution in [0, 0.1) is 0 Å². The van der Waals surface area contributed by atoms with Crippen LogP contribution in [-0.4, -0.2) is 15.1 Å². The third-order valence-corrected chi connectivity index (χ3v) is 3.31. The Bertz CT molecular complexity index is 656. The van der Waals surface area contributed by atoms with Crippen molar-refractivity contribution < 1.29 is 5.11 Å². The number of nitrogens with two attached hydrogens (primary N) is 1. The van der Waals surface area contributed by atoms with Crippen molar-refractivity contribution in [3.63, 3.8) is 0 Å². The van der Waals surface area contributed by atoms with E-state index in [9.17, 15) is 5.11 Å². The van der Waals surface area contributed by atoms with Gasteiger partial charge in [-0.15, -0.1) is 11.3 Å². The molecule has 0 amide bonds. The van der Waals surface area contributed by atoms with Crippen molar-refractivity contribution in [2.24, 2.45) is 0 Å². The molecule has 0 bridgehead atoms. The molecule has 3 rings (SSSR count). The van der Waals surface area contributed by atoms with E-state index in [0.717, 1.165) is 21.7 Å². The summed E-state index contributed by atoms with van der Waals surface area (Å²) in [7, 11) is 0. The first-order valence-electron chi connectivity index (χ1n) is 4.76. The fourth-order valence-electron chi connectivity index (χ4n) is 1.62. The molecular formula is C11H9N3OS. The lowest BCUT2D eigenvalue weighted by Gasteiger charge is -1.92. The molecule has 0 saturated heterocycles. The summed E-state index contributed by atoms with van der Waals surface area (Å²) in [6.45, 7) is 0. The van der Waals surface area contributed by atoms with Gasteiger partial charge >= 0.3 is 0 Å². The average molecular weight is 231 g/mol. The second-order valence-electron chi connectivity index (χ2n) is 3.49. The number of rotatable bonds is 1. The van der Waals surface area contributed by atoms with Crippen LogP contribution in [0.4, 0.5) is 5.69 Å². The van der Waals surface area contributed by atoms with E-state index in [0.29, 0.717) is 5.69 Å². The molecule has 16 heavy (non-hydrogen) atoms. The summed E-state index contributed by atoms with van der Waals surface area (Å²) in [5.74, 6) is 0.968. The maximum Gasteiger partial charge on any atom is 0.150 e. The second-order valence-corrected chi connectivity index (χ2v) is 4.41. The first-order chi connectivity index (χ1) is 7.74. The van der Waals surface area contributed by atoms with Crippen molar-refractivity contribution in [2.75, 3.05) is 5.73 Å². The number of nitrogen functional groups attached to an aromatic ring is 1. The van der Waals surface area contributed by atoms with Gasteiger partial charge in [0.05, 0.1) is 21.6 Å². The van der Waals surface area contributed by atoms with Crippen LogP contribution in [0.2, 0.25) is 0 Å². The zero-order chi connectivity index (χ0) is 11.1. The standard InChI is InChI=1S/C11H9N3OS/c12-7-3-4-16-10(7)11-13-8-2-1-6(15)5-9(8)14-11/h1-5,15H,12H2,(H,13,14). The number of imidazole rings is 1. The molecule has 3 aromatic rings. The molecule has 4 N–H and O–H groups in total. The average Bonchev–Trinajstić information content (AvgIpc) is 2.82. The van der Waals surface area contributed by atoms with Gasteiger partial charge in [0.2, 0.25) is 0 Å². The number of aromatic hydroxyl groups is 1. The summed E-state index contributed by atoms with van der Waals surface area (Å²) >= 11 is 1.54. The summed E-state index contributed by atoms with van der Waals surface area (Å²) < 4.78 is 0. The molecule has 0 saturated carbocycles. The summed E-state index contributed by atoms with van der Waals surface area (Å²) in [6.07, 6.45) is 0. The minimum atomic E-state index is 0.224. The van der Waals surface area contributed by atoms with Gasteiger partial charge < -0.3 is 15.8 Å². The number of hydrogen-bond acceptors (Lipinski definition) is 4. The number of aromatic amines is 1. The number of hydrogen-bond donors (Lipinski definition) is 3. The Kier molecular flexibility index (Phi) is 1.87. The molecule has 0 unspecified atom stereocenters. The molecule has 80 valence electrons. The first-order valence-corrected chi connectivity index (χ1v) is 5.64. The molecule has 0 aliphatic carbocycles. The predicted molar refractivity (Wildman–Crippen MR) is 65.5 cm³/mol. The van der Waals surface area contributed by atoms with Gasteiger partial charge in [-0.25, -0.2) is 4.98 Å². The van der Waals surface area contributed by atoms with Gasteiger partial charge in [-0.1, -0.05) is 0 Å². The molecule has 2 heterocycles. The molecule has 2 aromatic heterocycles. The lowest BCUT2D eigenvalue weighted by atomic mass is 10.3. The van der Waals surface area contributed by atoms with Gasteiger partial charge in [0.1, 0.15) is 5.75 Å². The van der Waals surface area contributed by atoms with Crippen molar-refractivity contribution in [1.29, 1.82) is 0 Å². The number of phenolic OH excluding ortho intramolecular Hbond substituents is 1. The van der Waals surface area contributed by atoms with E-state index in [4.69, 9.17) is 5.73 Å². The molecule has 0 fully saturated rings. The van der Waals surface area contributed by atoms with Gasteiger partial charge in [0.15, 0.2) is 5.82 Å². The van der Waals surface area contributed by atoms with E-state index in [-0.39, 0.29) is 5.75 Å². The number of thiophene rings is 1. The highest BCUT2D eigenvalue weighted by Gasteiger charge is 2.09. The van der Waals surface area contributed by atoms with Gasteiger partial charge in [0, 0.05) is 6.07 Å². The molecule has 0 spiro atoms. The highest BCUT2D eigenvalue weighted by Crippen LogP contribution is 2.31. The van der Waals surface area contributed by atoms with E-state index >= 15 is 0 Å². The van der Waals surface area contributed by atoms with Crippen LogP contribution in [0.25, 0.3) is 21.7 Å². The number of nitrogens with zero attached hydrogens (tertiary/aromatic N) is 1. The number of benzene rings is 1. The summed E-state index contributed by atoms with van der Waals surface area (Å²) in [4.78, 5) is 8.49. The Hall–Kier alpha value is -2.01. The Morgan fingerprint density at radius 2 is 2.19 bits per heavy atom. The topological polar surface area (TPSA) is 74.9 Å². The third-order valence-electron chi connectivity index (χ3n) is 2.38. The normalized spacial score (nSPS) is 11.0. The Morgan fingerprint density at radius 1 is 1.31 bits per heavy atom. The van der Waals surface area contributed by atoms with Gasteiger partial charge in [-0.2, -0.15) is 0 Å². The van der Waals surface area contributed by atoms with Crippen molar-refractivity contribution in [2.45, 2.75) is 0 Å². The predicted octanol–water partition coefficient (Wildman–Crippen LogP) is 2.58. The Balaban J connectivity index is 2.23. The summed E-state index contributed by atoms with van der Waals surface area (Å²) in [5, 5.41) is 11.3. The SMILES string of the molecule is Nc1ccsc1-c1nc2ccc(O)cc2[nH]1. The Labute approximate surface area is 95.4 Å². The molecule has 0 atom stereocenters. The van der Waals surface area contributed by atoms with Crippen LogP contribution >= 0.6 is 11.3 Å². The fraction of sp³-hybridized carbons (Fsp3) is 0. The number of H-pyrrole nitrogens is 1. The van der Waals surface area contributed by atoms with Crippen molar-refractivity contribution in [3.05, 3.63) is 29.6 Å². The van der Waals surface area contributed by atoms with E-state index in [1.54, 1.807) is 29.5 Å². The number of nitrogens with one attached hydrogen (secondary N) is 1. The summed E-state index contributed by atoms with van der Waals surface area (Å²) in [5.41, 5.74) is 8.17. The third kappa shape index (κ3) is 1.33. The van der Waals surface area contributed by atoms with Crippen LogP contribution in [0.5, 0.6) is 5.75 Å². The van der Waals surface area contributed by atoms with E-state index in [1.807, 2.05) is 11.4 Å². The van der Waals surface area contributed by atoms with Crippen LogP contribution in [0.3, 0.4) is 0 Å². The summed E-state index contributed by atoms with van der Waals surface area (Å²) in [6, 6.07) is 6.89. The van der Waals surface area contributed by atoms with Gasteiger partial charge in [0.25, 0.3) is 0 Å².